The van der Waals surface area contributed by atoms with Crippen molar-refractivity contribution >= 4 is 44.8 Å². The number of halogens is 2. The molecule has 32 heavy (non-hydrogen) atoms. The SMILES string of the molecule is COc1ccc(C)cc1NC(=O)CN(Cc1cccc(Cl)c1)S(=O)(=O)c1ccc(Cl)cc1. The number of amides is 1. The van der Waals surface area contributed by atoms with Crippen LogP contribution in [0.25, 0.3) is 0 Å². The summed E-state index contributed by atoms with van der Waals surface area (Å²) in [5.41, 5.74) is 2.03. The Morgan fingerprint density at radius 3 is 2.38 bits per heavy atom. The molecule has 0 aromatic heterocycles. The van der Waals surface area contributed by atoms with Gasteiger partial charge >= 0.3 is 0 Å². The van der Waals surface area contributed by atoms with Crippen LogP contribution in [0.2, 0.25) is 10.0 Å². The van der Waals surface area contributed by atoms with Crippen LogP contribution in [0.1, 0.15) is 11.1 Å². The number of methoxy groups -OCH3 is 1. The van der Waals surface area contributed by atoms with E-state index < -0.39 is 22.5 Å². The van der Waals surface area contributed by atoms with Gasteiger partial charge in [-0.2, -0.15) is 4.31 Å². The molecule has 0 bridgehead atoms. The molecule has 0 heterocycles. The Kier molecular flexibility index (Phi) is 7.79. The van der Waals surface area contributed by atoms with Crippen LogP contribution in [-0.4, -0.2) is 32.3 Å². The highest BCUT2D eigenvalue weighted by molar-refractivity contribution is 7.89. The zero-order chi connectivity index (χ0) is 23.3. The van der Waals surface area contributed by atoms with Gasteiger partial charge in [-0.1, -0.05) is 41.4 Å². The second kappa shape index (κ2) is 10.4. The van der Waals surface area contributed by atoms with Crippen molar-refractivity contribution in [2.24, 2.45) is 0 Å². The summed E-state index contributed by atoms with van der Waals surface area (Å²) < 4.78 is 33.1. The lowest BCUT2D eigenvalue weighted by Crippen LogP contribution is -2.37. The number of nitrogens with one attached hydrogen (secondary N) is 1. The minimum atomic E-state index is -4.00. The fourth-order valence-electron chi connectivity index (χ4n) is 3.09. The molecule has 0 aliphatic heterocycles. The first-order chi connectivity index (χ1) is 15.2. The van der Waals surface area contributed by atoms with Crippen molar-refractivity contribution in [3.05, 3.63) is 87.9 Å². The molecule has 0 saturated heterocycles. The van der Waals surface area contributed by atoms with Crippen molar-refractivity contribution in [2.45, 2.75) is 18.4 Å². The zero-order valence-corrected chi connectivity index (χ0v) is 19.8. The first kappa shape index (κ1) is 24.1. The van der Waals surface area contributed by atoms with E-state index in [0.29, 0.717) is 27.0 Å². The Labute approximate surface area is 197 Å². The highest BCUT2D eigenvalue weighted by Gasteiger charge is 2.27. The maximum absolute atomic E-state index is 13.3. The molecule has 0 aliphatic rings. The second-order valence-electron chi connectivity index (χ2n) is 7.11. The number of sulfonamides is 1. The predicted octanol–water partition coefficient (Wildman–Crippen LogP) is 5.14. The van der Waals surface area contributed by atoms with Crippen LogP contribution >= 0.6 is 23.2 Å². The average molecular weight is 493 g/mol. The number of benzene rings is 3. The molecule has 0 saturated carbocycles. The Bertz CT molecular complexity index is 1210. The summed E-state index contributed by atoms with van der Waals surface area (Å²) in [6, 6.07) is 18.0. The minimum absolute atomic E-state index is 0.0323. The van der Waals surface area contributed by atoms with Crippen molar-refractivity contribution < 1.29 is 17.9 Å². The molecule has 6 nitrogen and oxygen atoms in total. The monoisotopic (exact) mass is 492 g/mol. The maximum Gasteiger partial charge on any atom is 0.243 e. The van der Waals surface area contributed by atoms with E-state index in [1.54, 1.807) is 36.4 Å². The molecule has 0 unspecified atom stereocenters. The lowest BCUT2D eigenvalue weighted by atomic mass is 10.2. The summed E-state index contributed by atoms with van der Waals surface area (Å²) in [6.07, 6.45) is 0. The van der Waals surface area contributed by atoms with Crippen LogP contribution < -0.4 is 10.1 Å². The van der Waals surface area contributed by atoms with E-state index in [1.807, 2.05) is 13.0 Å². The molecular weight excluding hydrogens is 471 g/mol. The van der Waals surface area contributed by atoms with Gasteiger partial charge in [0.05, 0.1) is 24.2 Å². The van der Waals surface area contributed by atoms with Gasteiger partial charge in [0.1, 0.15) is 5.75 Å². The Hall–Kier alpha value is -2.58. The maximum atomic E-state index is 13.3. The summed E-state index contributed by atoms with van der Waals surface area (Å²) in [5, 5.41) is 3.63. The first-order valence-electron chi connectivity index (χ1n) is 9.63. The van der Waals surface area contributed by atoms with Crippen LogP contribution in [-0.2, 0) is 21.4 Å². The predicted molar refractivity (Wildman–Crippen MR) is 127 cm³/mol. The third-order valence-corrected chi connectivity index (χ3v) is 6.94. The Morgan fingerprint density at radius 1 is 1.00 bits per heavy atom. The van der Waals surface area contributed by atoms with Crippen LogP contribution in [0.3, 0.4) is 0 Å². The van der Waals surface area contributed by atoms with Crippen molar-refractivity contribution in [3.63, 3.8) is 0 Å². The van der Waals surface area contributed by atoms with E-state index in [1.165, 1.54) is 31.4 Å². The Morgan fingerprint density at radius 2 is 1.72 bits per heavy atom. The van der Waals surface area contributed by atoms with Gasteiger partial charge in [0, 0.05) is 16.6 Å². The summed E-state index contributed by atoms with van der Waals surface area (Å²) in [7, 11) is -2.50. The topological polar surface area (TPSA) is 75.7 Å². The zero-order valence-electron chi connectivity index (χ0n) is 17.5. The molecule has 0 fully saturated rings. The standard InChI is InChI=1S/C23H22Cl2N2O4S/c1-16-6-11-22(31-2)21(12-16)26-23(28)15-27(14-17-4-3-5-19(25)13-17)32(29,30)20-9-7-18(24)8-10-20/h3-13H,14-15H2,1-2H3,(H,26,28). The van der Waals surface area contributed by atoms with Gasteiger partial charge in [-0.05, 0) is 66.6 Å². The molecule has 0 atom stereocenters. The van der Waals surface area contributed by atoms with Crippen LogP contribution in [0.15, 0.2) is 71.6 Å². The number of anilines is 1. The lowest BCUT2D eigenvalue weighted by Gasteiger charge is -2.22. The number of hydrogen-bond donors (Lipinski definition) is 1. The van der Waals surface area contributed by atoms with Crippen LogP contribution in [0, 0.1) is 6.92 Å². The van der Waals surface area contributed by atoms with Gasteiger partial charge in [-0.25, -0.2) is 8.42 Å². The number of rotatable bonds is 8. The van der Waals surface area contributed by atoms with Gasteiger partial charge in [0.15, 0.2) is 0 Å². The van der Waals surface area contributed by atoms with Gasteiger partial charge in [-0.15, -0.1) is 0 Å². The highest BCUT2D eigenvalue weighted by Crippen LogP contribution is 2.26. The lowest BCUT2D eigenvalue weighted by molar-refractivity contribution is -0.116. The van der Waals surface area contributed by atoms with E-state index in [0.717, 1.165) is 9.87 Å². The molecule has 0 spiro atoms. The summed E-state index contributed by atoms with van der Waals surface area (Å²) in [4.78, 5) is 12.9. The number of carbonyl (C=O) groups is 1. The third kappa shape index (κ3) is 6.01. The summed E-state index contributed by atoms with van der Waals surface area (Å²) in [5.74, 6) is -0.0284. The van der Waals surface area contributed by atoms with Gasteiger partial charge < -0.3 is 10.1 Å². The fourth-order valence-corrected chi connectivity index (χ4v) is 4.81. The molecular formula is C23H22Cl2N2O4S. The highest BCUT2D eigenvalue weighted by atomic mass is 35.5. The smallest absolute Gasteiger partial charge is 0.243 e. The molecule has 1 amide bonds. The molecule has 168 valence electrons. The number of aryl methyl sites for hydroxylation is 1. The number of ether oxygens (including phenoxy) is 1. The average Bonchev–Trinajstić information content (AvgIpc) is 2.74. The van der Waals surface area contributed by atoms with Gasteiger partial charge in [-0.3, -0.25) is 4.79 Å². The fraction of sp³-hybridized carbons (Fsp3) is 0.174. The number of hydrogen-bond acceptors (Lipinski definition) is 4. The summed E-state index contributed by atoms with van der Waals surface area (Å²) >= 11 is 12.0. The van der Waals surface area contributed by atoms with Gasteiger partial charge in [0.25, 0.3) is 0 Å². The van der Waals surface area contributed by atoms with Crippen molar-refractivity contribution in [1.29, 1.82) is 0 Å². The van der Waals surface area contributed by atoms with Crippen molar-refractivity contribution in [1.82, 2.24) is 4.31 Å². The molecule has 9 heteroatoms. The van der Waals surface area contributed by atoms with Crippen LogP contribution in [0.5, 0.6) is 5.75 Å². The van der Waals surface area contributed by atoms with E-state index in [-0.39, 0.29) is 11.4 Å². The largest absolute Gasteiger partial charge is 0.495 e. The molecule has 1 N–H and O–H groups in total. The van der Waals surface area contributed by atoms with E-state index in [2.05, 4.69) is 5.32 Å². The quantitative estimate of drug-likeness (QED) is 0.472. The van der Waals surface area contributed by atoms with E-state index in [4.69, 9.17) is 27.9 Å². The first-order valence-corrected chi connectivity index (χ1v) is 11.8. The molecule has 3 aromatic carbocycles. The van der Waals surface area contributed by atoms with Crippen LogP contribution in [0.4, 0.5) is 5.69 Å². The molecule has 0 aliphatic carbocycles. The van der Waals surface area contributed by atoms with Crippen molar-refractivity contribution in [3.8, 4) is 5.75 Å². The number of carbonyl (C=O) groups excluding carboxylic acids is 1. The molecule has 3 aromatic rings. The number of nitrogens with zero attached hydrogens (tertiary/aromatic N) is 1. The Balaban J connectivity index is 1.91. The minimum Gasteiger partial charge on any atom is -0.495 e. The molecule has 0 radical (unpaired) electrons. The summed E-state index contributed by atoms with van der Waals surface area (Å²) in [6.45, 7) is 1.43. The third-order valence-electron chi connectivity index (χ3n) is 4.65. The van der Waals surface area contributed by atoms with Crippen molar-refractivity contribution in [2.75, 3.05) is 19.0 Å². The molecule has 3 rings (SSSR count). The van der Waals surface area contributed by atoms with Gasteiger partial charge in [0.2, 0.25) is 15.9 Å². The van der Waals surface area contributed by atoms with E-state index >= 15 is 0 Å². The second-order valence-corrected chi connectivity index (χ2v) is 9.92. The van der Waals surface area contributed by atoms with E-state index in [9.17, 15) is 13.2 Å². The normalized spacial score (nSPS) is 11.4.